The largest absolute Gasteiger partial charge is 0.490 e. The van der Waals surface area contributed by atoms with E-state index in [0.29, 0.717) is 18.1 Å². The number of imide groups is 1. The summed E-state index contributed by atoms with van der Waals surface area (Å²) in [7, 11) is 0. The van der Waals surface area contributed by atoms with Gasteiger partial charge in [0.25, 0.3) is 11.8 Å². The standard InChI is InChI=1S/C22H26N2O4/c1-5-27-17-10-13(6-9-16(17)28-22(2,3)4)12-23-24-20(25)18-14-7-8-15(11-14)19(18)21(24)26/h6-10,12,14-15,18-19H,5,11H2,1-4H3/t14-,15-,18-,19+/m0/s1. The highest BCUT2D eigenvalue weighted by Gasteiger charge is 2.59. The molecule has 2 amide bonds. The van der Waals surface area contributed by atoms with E-state index in [-0.39, 0.29) is 41.1 Å². The van der Waals surface area contributed by atoms with Crippen molar-refractivity contribution in [3.63, 3.8) is 0 Å². The van der Waals surface area contributed by atoms with E-state index in [1.807, 2.05) is 45.9 Å². The van der Waals surface area contributed by atoms with Gasteiger partial charge in [0.1, 0.15) is 5.60 Å². The summed E-state index contributed by atoms with van der Waals surface area (Å²) < 4.78 is 11.6. The Labute approximate surface area is 165 Å². The molecule has 0 aromatic heterocycles. The van der Waals surface area contributed by atoms with Crippen molar-refractivity contribution >= 4 is 18.0 Å². The molecule has 1 heterocycles. The van der Waals surface area contributed by atoms with Crippen molar-refractivity contribution in [1.29, 1.82) is 0 Å². The quantitative estimate of drug-likeness (QED) is 0.445. The molecule has 0 radical (unpaired) electrons. The summed E-state index contributed by atoms with van der Waals surface area (Å²) in [6, 6.07) is 5.47. The maximum atomic E-state index is 12.7. The van der Waals surface area contributed by atoms with E-state index < -0.39 is 0 Å². The van der Waals surface area contributed by atoms with Crippen molar-refractivity contribution in [1.82, 2.24) is 5.01 Å². The van der Waals surface area contributed by atoms with Gasteiger partial charge in [-0.2, -0.15) is 10.1 Å². The van der Waals surface area contributed by atoms with Gasteiger partial charge in [-0.3, -0.25) is 9.59 Å². The van der Waals surface area contributed by atoms with Crippen LogP contribution in [0.3, 0.4) is 0 Å². The average Bonchev–Trinajstić information content (AvgIpc) is 3.29. The number of hydrazone groups is 1. The van der Waals surface area contributed by atoms with Crippen LogP contribution in [0.15, 0.2) is 35.5 Å². The first-order valence-electron chi connectivity index (χ1n) is 9.84. The Kier molecular flexibility index (Phi) is 4.52. The Morgan fingerprint density at radius 3 is 2.32 bits per heavy atom. The lowest BCUT2D eigenvalue weighted by atomic mass is 9.85. The molecule has 4 rings (SSSR count). The van der Waals surface area contributed by atoms with Crippen LogP contribution in [0.25, 0.3) is 0 Å². The van der Waals surface area contributed by atoms with E-state index in [9.17, 15) is 9.59 Å². The minimum atomic E-state index is -0.346. The Hall–Kier alpha value is -2.63. The first kappa shape index (κ1) is 18.7. The van der Waals surface area contributed by atoms with Crippen molar-refractivity contribution in [3.8, 4) is 11.5 Å². The Balaban J connectivity index is 1.54. The van der Waals surface area contributed by atoms with Gasteiger partial charge in [0.05, 0.1) is 24.7 Å². The van der Waals surface area contributed by atoms with Gasteiger partial charge in [0, 0.05) is 0 Å². The van der Waals surface area contributed by atoms with E-state index in [1.54, 1.807) is 0 Å². The number of amides is 2. The average molecular weight is 382 g/mol. The van der Waals surface area contributed by atoms with Crippen molar-refractivity contribution < 1.29 is 19.1 Å². The second kappa shape index (κ2) is 6.76. The zero-order valence-electron chi connectivity index (χ0n) is 16.7. The number of allylic oxidation sites excluding steroid dienone is 2. The number of fused-ring (bicyclic) bond motifs is 5. The number of nitrogens with zero attached hydrogens (tertiary/aromatic N) is 2. The molecule has 1 aromatic carbocycles. The zero-order chi connectivity index (χ0) is 20.1. The van der Waals surface area contributed by atoms with Crippen molar-refractivity contribution in [2.24, 2.45) is 28.8 Å². The molecule has 28 heavy (non-hydrogen) atoms. The fourth-order valence-electron chi connectivity index (χ4n) is 4.41. The highest BCUT2D eigenvalue weighted by atomic mass is 16.5. The molecule has 0 N–H and O–H groups in total. The van der Waals surface area contributed by atoms with Crippen LogP contribution in [0.5, 0.6) is 11.5 Å². The van der Waals surface area contributed by atoms with Gasteiger partial charge in [-0.05, 0) is 69.7 Å². The second-order valence-corrected chi connectivity index (χ2v) is 8.59. The Morgan fingerprint density at radius 1 is 1.11 bits per heavy atom. The summed E-state index contributed by atoms with van der Waals surface area (Å²) in [6.07, 6.45) is 6.60. The van der Waals surface area contributed by atoms with Crippen LogP contribution in [0.4, 0.5) is 0 Å². The van der Waals surface area contributed by atoms with Crippen LogP contribution in [0.1, 0.15) is 39.7 Å². The third-order valence-corrected chi connectivity index (χ3v) is 5.45. The van der Waals surface area contributed by atoms with E-state index in [2.05, 4.69) is 17.3 Å². The van der Waals surface area contributed by atoms with Crippen LogP contribution < -0.4 is 9.47 Å². The predicted octanol–water partition coefficient (Wildman–Crippen LogP) is 3.40. The SMILES string of the molecule is CCOc1cc(C=NN2C(=O)[C@@H]3[C@H](C2=O)[C@H]2C=C[C@H]3C2)ccc1OC(C)(C)C. The second-order valence-electron chi connectivity index (χ2n) is 8.59. The molecule has 2 fully saturated rings. The lowest BCUT2D eigenvalue weighted by molar-refractivity contribution is -0.140. The molecule has 148 valence electrons. The number of hydrogen-bond acceptors (Lipinski definition) is 5. The number of ether oxygens (including phenoxy) is 2. The third-order valence-electron chi connectivity index (χ3n) is 5.45. The summed E-state index contributed by atoms with van der Waals surface area (Å²) in [4.78, 5) is 25.4. The molecule has 1 saturated heterocycles. The van der Waals surface area contributed by atoms with E-state index in [0.717, 1.165) is 17.0 Å². The van der Waals surface area contributed by atoms with Gasteiger partial charge in [-0.15, -0.1) is 0 Å². The number of carbonyl (C=O) groups is 2. The maximum Gasteiger partial charge on any atom is 0.254 e. The summed E-state index contributed by atoms with van der Waals surface area (Å²) in [5, 5.41) is 5.28. The van der Waals surface area contributed by atoms with Gasteiger partial charge < -0.3 is 9.47 Å². The summed E-state index contributed by atoms with van der Waals surface area (Å²) in [5.74, 6) is 0.802. The minimum Gasteiger partial charge on any atom is -0.490 e. The zero-order valence-corrected chi connectivity index (χ0v) is 16.7. The van der Waals surface area contributed by atoms with Crippen LogP contribution >= 0.6 is 0 Å². The molecular formula is C22H26N2O4. The van der Waals surface area contributed by atoms with Gasteiger partial charge in [0.2, 0.25) is 0 Å². The third kappa shape index (κ3) is 3.21. The molecule has 1 saturated carbocycles. The van der Waals surface area contributed by atoms with Gasteiger partial charge in [0.15, 0.2) is 11.5 Å². The molecule has 3 aliphatic rings. The number of benzene rings is 1. The molecule has 2 bridgehead atoms. The molecule has 1 aromatic rings. The van der Waals surface area contributed by atoms with E-state index in [4.69, 9.17) is 9.47 Å². The molecule has 6 heteroatoms. The van der Waals surface area contributed by atoms with Gasteiger partial charge in [-0.1, -0.05) is 12.2 Å². The van der Waals surface area contributed by atoms with Crippen LogP contribution in [0.2, 0.25) is 0 Å². The highest BCUT2D eigenvalue weighted by Crippen LogP contribution is 2.52. The number of carbonyl (C=O) groups excluding carboxylic acids is 2. The lowest BCUT2D eigenvalue weighted by Gasteiger charge is -2.23. The van der Waals surface area contributed by atoms with Crippen LogP contribution in [0, 0.1) is 23.7 Å². The lowest BCUT2D eigenvalue weighted by Crippen LogP contribution is -2.28. The summed E-state index contributed by atoms with van der Waals surface area (Å²) >= 11 is 0. The van der Waals surface area contributed by atoms with E-state index in [1.165, 1.54) is 6.21 Å². The van der Waals surface area contributed by atoms with Crippen LogP contribution in [-0.4, -0.2) is 35.2 Å². The van der Waals surface area contributed by atoms with Gasteiger partial charge >= 0.3 is 0 Å². The predicted molar refractivity (Wildman–Crippen MR) is 105 cm³/mol. The summed E-state index contributed by atoms with van der Waals surface area (Å²) in [5.41, 5.74) is 0.393. The number of rotatable bonds is 5. The smallest absolute Gasteiger partial charge is 0.254 e. The Bertz CT molecular complexity index is 838. The fourth-order valence-corrected chi connectivity index (χ4v) is 4.41. The monoisotopic (exact) mass is 382 g/mol. The molecule has 1 aliphatic heterocycles. The normalized spacial score (nSPS) is 28.5. The first-order chi connectivity index (χ1) is 13.3. The fraction of sp³-hybridized carbons (Fsp3) is 0.500. The van der Waals surface area contributed by atoms with Crippen molar-refractivity contribution in [2.45, 2.75) is 39.7 Å². The number of hydrogen-bond donors (Lipinski definition) is 0. The maximum absolute atomic E-state index is 12.7. The van der Waals surface area contributed by atoms with E-state index >= 15 is 0 Å². The molecular weight excluding hydrogens is 356 g/mol. The Morgan fingerprint density at radius 2 is 1.75 bits per heavy atom. The van der Waals surface area contributed by atoms with Gasteiger partial charge in [-0.25, -0.2) is 0 Å². The topological polar surface area (TPSA) is 68.2 Å². The van der Waals surface area contributed by atoms with Crippen molar-refractivity contribution in [2.75, 3.05) is 6.61 Å². The molecule has 4 atom stereocenters. The summed E-state index contributed by atoms with van der Waals surface area (Å²) in [6.45, 7) is 8.33. The minimum absolute atomic E-state index is 0.180. The molecule has 0 unspecified atom stereocenters. The first-order valence-corrected chi connectivity index (χ1v) is 9.84. The van der Waals surface area contributed by atoms with Crippen molar-refractivity contribution in [3.05, 3.63) is 35.9 Å². The highest BCUT2D eigenvalue weighted by molar-refractivity contribution is 6.06. The molecule has 2 aliphatic carbocycles. The molecule has 0 spiro atoms. The van der Waals surface area contributed by atoms with Crippen LogP contribution in [-0.2, 0) is 9.59 Å². The molecule has 6 nitrogen and oxygen atoms in total.